The molecule has 1 aliphatic heterocycles. The fourth-order valence-corrected chi connectivity index (χ4v) is 2.65. The Morgan fingerprint density at radius 1 is 1.29 bits per heavy atom. The molecule has 10 nitrogen and oxygen atoms in total. The Balaban J connectivity index is 1.52. The molecule has 1 aromatic carbocycles. The third-order valence-corrected chi connectivity index (χ3v) is 4.05. The number of hydrazone groups is 1. The highest BCUT2D eigenvalue weighted by Crippen LogP contribution is 2.25. The summed E-state index contributed by atoms with van der Waals surface area (Å²) >= 11 is 0. The van der Waals surface area contributed by atoms with Gasteiger partial charge in [0.2, 0.25) is 0 Å². The first-order valence-electron chi connectivity index (χ1n) is 8.60. The second-order valence-corrected chi connectivity index (χ2v) is 6.05. The molecule has 2 aromatic rings. The molecule has 1 saturated heterocycles. The summed E-state index contributed by atoms with van der Waals surface area (Å²) in [5, 5.41) is 17.0. The van der Waals surface area contributed by atoms with E-state index in [4.69, 9.17) is 9.15 Å². The van der Waals surface area contributed by atoms with E-state index in [2.05, 4.69) is 15.8 Å². The van der Waals surface area contributed by atoms with Crippen molar-refractivity contribution in [2.45, 2.75) is 18.9 Å². The molecule has 0 aliphatic carbocycles. The Morgan fingerprint density at radius 2 is 2.14 bits per heavy atom. The summed E-state index contributed by atoms with van der Waals surface area (Å²) in [6.45, 7) is 0.944. The van der Waals surface area contributed by atoms with E-state index in [1.54, 1.807) is 24.3 Å². The van der Waals surface area contributed by atoms with Crippen molar-refractivity contribution in [1.82, 2.24) is 10.7 Å². The summed E-state index contributed by atoms with van der Waals surface area (Å²) in [6, 6.07) is 9.21. The van der Waals surface area contributed by atoms with Gasteiger partial charge in [0.05, 0.1) is 17.2 Å². The van der Waals surface area contributed by atoms with Gasteiger partial charge >= 0.3 is 11.8 Å². The smallest absolute Gasteiger partial charge is 0.329 e. The van der Waals surface area contributed by atoms with Crippen LogP contribution in [-0.2, 0) is 14.3 Å². The molecule has 28 heavy (non-hydrogen) atoms. The number of non-ortho nitro benzene ring substituents is 1. The second-order valence-electron chi connectivity index (χ2n) is 6.05. The minimum absolute atomic E-state index is 0.0506. The number of amides is 2. The fraction of sp³-hybridized carbons (Fsp3) is 0.278. The van der Waals surface area contributed by atoms with Gasteiger partial charge in [0.25, 0.3) is 5.69 Å². The molecule has 1 aliphatic rings. The molecule has 1 fully saturated rings. The Bertz CT molecular complexity index is 901. The predicted molar refractivity (Wildman–Crippen MR) is 98.5 cm³/mol. The van der Waals surface area contributed by atoms with Crippen LogP contribution in [0, 0.1) is 10.1 Å². The molecule has 146 valence electrons. The van der Waals surface area contributed by atoms with Crippen LogP contribution in [0.1, 0.15) is 18.6 Å². The summed E-state index contributed by atoms with van der Waals surface area (Å²) in [7, 11) is 0. The number of rotatable bonds is 6. The number of carbonyl (C=O) groups is 2. The van der Waals surface area contributed by atoms with Gasteiger partial charge in [-0.05, 0) is 25.0 Å². The van der Waals surface area contributed by atoms with Crippen LogP contribution in [0.2, 0.25) is 0 Å². The van der Waals surface area contributed by atoms with Gasteiger partial charge in [0, 0.05) is 30.8 Å². The first-order chi connectivity index (χ1) is 13.5. The summed E-state index contributed by atoms with van der Waals surface area (Å²) < 4.78 is 10.9. The Labute approximate surface area is 159 Å². The van der Waals surface area contributed by atoms with Crippen LogP contribution >= 0.6 is 0 Å². The number of hydrogen-bond acceptors (Lipinski definition) is 7. The van der Waals surface area contributed by atoms with Crippen molar-refractivity contribution in [3.63, 3.8) is 0 Å². The number of carbonyl (C=O) groups excluding carboxylic acids is 2. The van der Waals surface area contributed by atoms with E-state index in [1.807, 2.05) is 0 Å². The average Bonchev–Trinajstić information content (AvgIpc) is 3.38. The van der Waals surface area contributed by atoms with Gasteiger partial charge < -0.3 is 14.5 Å². The van der Waals surface area contributed by atoms with Crippen molar-refractivity contribution in [2.75, 3.05) is 13.2 Å². The zero-order valence-corrected chi connectivity index (χ0v) is 14.8. The standard InChI is InChI=1S/C18H18N4O6/c23-17(19-10-14-5-2-8-27-14)18(24)21-20-11-15-6-7-16(28-15)12-3-1-4-13(9-12)22(25)26/h1,3-4,6-7,9,11,14H,2,5,8,10H2,(H,19,23)(H,21,24)/b20-11+. The second kappa shape index (κ2) is 8.91. The normalized spacial score (nSPS) is 16.2. The summed E-state index contributed by atoms with van der Waals surface area (Å²) in [6.07, 6.45) is 2.96. The lowest BCUT2D eigenvalue weighted by Gasteiger charge is -2.09. The van der Waals surface area contributed by atoms with Crippen LogP contribution in [0.3, 0.4) is 0 Å². The van der Waals surface area contributed by atoms with E-state index >= 15 is 0 Å². The van der Waals surface area contributed by atoms with Crippen molar-refractivity contribution in [1.29, 1.82) is 0 Å². The Morgan fingerprint density at radius 3 is 2.89 bits per heavy atom. The van der Waals surface area contributed by atoms with Gasteiger partial charge in [-0.15, -0.1) is 0 Å². The van der Waals surface area contributed by atoms with Crippen LogP contribution in [0.4, 0.5) is 5.69 Å². The van der Waals surface area contributed by atoms with E-state index in [0.717, 1.165) is 12.8 Å². The van der Waals surface area contributed by atoms with Crippen molar-refractivity contribution in [3.05, 3.63) is 52.3 Å². The maximum atomic E-state index is 11.7. The minimum Gasteiger partial charge on any atom is -0.455 e. The third-order valence-electron chi connectivity index (χ3n) is 4.05. The Hall–Kier alpha value is -3.53. The van der Waals surface area contributed by atoms with Gasteiger partial charge in [0.15, 0.2) is 0 Å². The number of nitrogens with zero attached hydrogens (tertiary/aromatic N) is 2. The monoisotopic (exact) mass is 386 g/mol. The molecule has 1 aromatic heterocycles. The van der Waals surface area contributed by atoms with Crippen LogP contribution in [-0.4, -0.2) is 42.2 Å². The van der Waals surface area contributed by atoms with Crippen LogP contribution in [0.15, 0.2) is 45.9 Å². The van der Waals surface area contributed by atoms with Crippen LogP contribution < -0.4 is 10.7 Å². The first kappa shape index (κ1) is 19.2. The zero-order chi connectivity index (χ0) is 19.9. The number of furan rings is 1. The molecule has 1 atom stereocenters. The molecule has 10 heteroatoms. The lowest BCUT2D eigenvalue weighted by molar-refractivity contribution is -0.384. The van der Waals surface area contributed by atoms with Gasteiger partial charge in [-0.2, -0.15) is 5.10 Å². The maximum absolute atomic E-state index is 11.7. The summed E-state index contributed by atoms with van der Waals surface area (Å²) in [5.41, 5.74) is 2.59. The summed E-state index contributed by atoms with van der Waals surface area (Å²) in [4.78, 5) is 33.7. The molecule has 3 rings (SSSR count). The van der Waals surface area contributed by atoms with Crippen LogP contribution in [0.5, 0.6) is 0 Å². The van der Waals surface area contributed by atoms with E-state index in [-0.39, 0.29) is 18.3 Å². The van der Waals surface area contributed by atoms with E-state index < -0.39 is 16.7 Å². The molecular formula is C18H18N4O6. The number of hydrogen-bond donors (Lipinski definition) is 2. The number of nitro groups is 1. The van der Waals surface area contributed by atoms with Gasteiger partial charge in [0.1, 0.15) is 11.5 Å². The van der Waals surface area contributed by atoms with Crippen molar-refractivity contribution < 1.29 is 23.7 Å². The zero-order valence-electron chi connectivity index (χ0n) is 14.8. The lowest BCUT2D eigenvalue weighted by atomic mass is 10.1. The lowest BCUT2D eigenvalue weighted by Crippen LogP contribution is -2.41. The molecule has 1 unspecified atom stereocenters. The molecule has 2 heterocycles. The first-order valence-corrected chi connectivity index (χ1v) is 8.60. The molecule has 2 amide bonds. The van der Waals surface area contributed by atoms with E-state index in [0.29, 0.717) is 23.7 Å². The van der Waals surface area contributed by atoms with Gasteiger partial charge in [-0.1, -0.05) is 12.1 Å². The SMILES string of the molecule is O=C(NCC1CCCO1)C(=O)N/N=C/c1ccc(-c2cccc([N+](=O)[O-])c2)o1. The van der Waals surface area contributed by atoms with Gasteiger partial charge in [-0.3, -0.25) is 19.7 Å². The molecule has 0 spiro atoms. The van der Waals surface area contributed by atoms with Crippen molar-refractivity contribution >= 4 is 23.7 Å². The number of benzene rings is 1. The number of nitro benzene ring substituents is 1. The largest absolute Gasteiger partial charge is 0.455 e. The maximum Gasteiger partial charge on any atom is 0.329 e. The molecule has 2 N–H and O–H groups in total. The highest BCUT2D eigenvalue weighted by Gasteiger charge is 2.19. The highest BCUT2D eigenvalue weighted by atomic mass is 16.6. The molecular weight excluding hydrogens is 368 g/mol. The highest BCUT2D eigenvalue weighted by molar-refractivity contribution is 6.35. The molecule has 0 radical (unpaired) electrons. The van der Waals surface area contributed by atoms with Gasteiger partial charge in [-0.25, -0.2) is 5.43 Å². The fourth-order valence-electron chi connectivity index (χ4n) is 2.65. The topological polar surface area (TPSA) is 136 Å². The molecule has 0 saturated carbocycles. The quantitative estimate of drug-likeness (QED) is 0.335. The van der Waals surface area contributed by atoms with E-state index in [9.17, 15) is 19.7 Å². The average molecular weight is 386 g/mol. The Kier molecular flexibility index (Phi) is 6.12. The molecule has 0 bridgehead atoms. The minimum atomic E-state index is -0.903. The van der Waals surface area contributed by atoms with E-state index in [1.165, 1.54) is 18.3 Å². The van der Waals surface area contributed by atoms with Crippen LogP contribution in [0.25, 0.3) is 11.3 Å². The van der Waals surface area contributed by atoms with Crippen molar-refractivity contribution in [3.8, 4) is 11.3 Å². The summed E-state index contributed by atoms with van der Waals surface area (Å²) in [5.74, 6) is -0.989. The number of ether oxygens (including phenoxy) is 1. The third kappa shape index (κ3) is 5.01. The predicted octanol–water partition coefficient (Wildman–Crippen LogP) is 1.60. The van der Waals surface area contributed by atoms with Crippen molar-refractivity contribution in [2.24, 2.45) is 5.10 Å². The number of nitrogens with one attached hydrogen (secondary N) is 2.